The molecule has 1 amide bonds. The van der Waals surface area contributed by atoms with Crippen LogP contribution in [0.1, 0.15) is 219 Å². The number of allylic oxidation sites excluding steroid dienone is 2. The predicted molar refractivity (Wildman–Crippen MR) is 259 cm³/mol. The minimum absolute atomic E-state index is 0.209. The number of hydrogen-bond donors (Lipinski definition) is 9. The molecule has 0 aromatic heterocycles. The zero-order valence-electron chi connectivity index (χ0n) is 41.5. The molecule has 0 radical (unpaired) electrons. The van der Waals surface area contributed by atoms with Crippen molar-refractivity contribution in [1.82, 2.24) is 5.32 Å². The van der Waals surface area contributed by atoms with Gasteiger partial charge in [0, 0.05) is 6.42 Å². The normalized spacial score (nSPS) is 26.8. The second-order valence-electron chi connectivity index (χ2n) is 19.4. The third-order valence-corrected chi connectivity index (χ3v) is 13.5. The molecule has 0 aromatic carbocycles. The van der Waals surface area contributed by atoms with Crippen molar-refractivity contribution in [3.05, 3.63) is 12.2 Å². The number of carbonyl (C=O) groups excluding carboxylic acids is 1. The smallest absolute Gasteiger partial charge is 0.220 e. The first-order chi connectivity index (χ1) is 32.1. The molecule has 12 unspecified atom stereocenters. The van der Waals surface area contributed by atoms with Gasteiger partial charge in [-0.05, 0) is 38.5 Å². The molecule has 390 valence electrons. The molecule has 2 heterocycles. The predicted octanol–water partition coefficient (Wildman–Crippen LogP) is 7.55. The van der Waals surface area contributed by atoms with Crippen LogP contribution in [-0.4, -0.2) is 140 Å². The summed E-state index contributed by atoms with van der Waals surface area (Å²) >= 11 is 0. The molecular formula is C52H99NO13. The summed E-state index contributed by atoms with van der Waals surface area (Å²) in [5.74, 6) is -0.209. The van der Waals surface area contributed by atoms with E-state index < -0.39 is 86.8 Å². The fourth-order valence-corrected chi connectivity index (χ4v) is 9.06. The highest BCUT2D eigenvalue weighted by atomic mass is 16.7. The van der Waals surface area contributed by atoms with E-state index in [2.05, 4.69) is 31.3 Å². The van der Waals surface area contributed by atoms with E-state index in [0.29, 0.717) is 12.8 Å². The minimum atomic E-state index is -1.78. The molecule has 2 aliphatic rings. The van der Waals surface area contributed by atoms with Gasteiger partial charge in [0.15, 0.2) is 12.6 Å². The molecular weight excluding hydrogens is 847 g/mol. The van der Waals surface area contributed by atoms with Gasteiger partial charge in [0.1, 0.15) is 48.8 Å². The van der Waals surface area contributed by atoms with Crippen molar-refractivity contribution < 1.29 is 64.6 Å². The molecule has 9 N–H and O–H groups in total. The van der Waals surface area contributed by atoms with Crippen molar-refractivity contribution in [1.29, 1.82) is 0 Å². The monoisotopic (exact) mass is 946 g/mol. The lowest BCUT2D eigenvalue weighted by Gasteiger charge is -2.46. The second-order valence-corrected chi connectivity index (χ2v) is 19.4. The number of aliphatic hydroxyl groups is 8. The largest absolute Gasteiger partial charge is 0.394 e. The lowest BCUT2D eigenvalue weighted by molar-refractivity contribution is -0.359. The summed E-state index contributed by atoms with van der Waals surface area (Å²) in [5.41, 5.74) is 0. The number of aliphatic hydroxyl groups excluding tert-OH is 8. The van der Waals surface area contributed by atoms with Crippen molar-refractivity contribution in [3.63, 3.8) is 0 Å². The maximum Gasteiger partial charge on any atom is 0.220 e. The average Bonchev–Trinajstić information content (AvgIpc) is 3.31. The van der Waals surface area contributed by atoms with E-state index in [9.17, 15) is 45.6 Å². The zero-order valence-corrected chi connectivity index (χ0v) is 41.5. The Kier molecular flexibility index (Phi) is 36.4. The van der Waals surface area contributed by atoms with E-state index in [1.54, 1.807) is 0 Å². The Morgan fingerprint density at radius 1 is 0.530 bits per heavy atom. The highest BCUT2D eigenvalue weighted by Crippen LogP contribution is 2.30. The molecule has 2 saturated heterocycles. The van der Waals surface area contributed by atoms with Crippen LogP contribution < -0.4 is 5.32 Å². The highest BCUT2D eigenvalue weighted by Gasteiger charge is 2.51. The fourth-order valence-electron chi connectivity index (χ4n) is 9.06. The van der Waals surface area contributed by atoms with Gasteiger partial charge in [0.2, 0.25) is 5.91 Å². The third kappa shape index (κ3) is 26.1. The molecule has 0 aliphatic carbocycles. The second kappa shape index (κ2) is 39.5. The van der Waals surface area contributed by atoms with E-state index >= 15 is 0 Å². The Hall–Kier alpha value is -1.27. The van der Waals surface area contributed by atoms with Crippen molar-refractivity contribution in [3.8, 4) is 0 Å². The summed E-state index contributed by atoms with van der Waals surface area (Å²) in [6, 6.07) is -0.824. The Bertz CT molecular complexity index is 1160. The molecule has 0 bridgehead atoms. The van der Waals surface area contributed by atoms with Crippen molar-refractivity contribution >= 4 is 5.91 Å². The number of rotatable bonds is 42. The van der Waals surface area contributed by atoms with Crippen LogP contribution in [0.4, 0.5) is 0 Å². The quantitative estimate of drug-likeness (QED) is 0.0213. The molecule has 2 fully saturated rings. The van der Waals surface area contributed by atoms with Crippen molar-refractivity contribution in [2.75, 3.05) is 19.8 Å². The van der Waals surface area contributed by atoms with E-state index in [0.717, 1.165) is 51.4 Å². The number of unbranched alkanes of at least 4 members (excludes halogenated alkanes) is 27. The maximum absolute atomic E-state index is 13.2. The SMILES string of the molecule is CCCCCCCCCC/C=C\CCCCCCCCCCCC(=O)NC(COC1OC(CO)C(OC2OC(CO)C(O)C(O)C2O)C(O)C1O)C(O)CCCCCCCCCCCCC. The first kappa shape index (κ1) is 60.9. The van der Waals surface area contributed by atoms with Gasteiger partial charge in [-0.1, -0.05) is 187 Å². The standard InChI is InChI=1S/C52H99NO13/c1-3-5-7-9-11-13-15-16-17-18-19-20-21-22-23-24-26-28-30-32-34-36-44(57)53-40(41(56)35-33-31-29-27-25-14-12-10-8-6-4-2)39-63-51-49(62)47(60)50(43(38-55)65-51)66-52-48(61)46(59)45(58)42(37-54)64-52/h18-19,40-43,45-52,54-56,58-62H,3-17,20-39H2,1-2H3,(H,53,57)/b19-18-. The number of carbonyl (C=O) groups is 1. The molecule has 2 aliphatic heterocycles. The lowest BCUT2D eigenvalue weighted by Crippen LogP contribution is -2.65. The molecule has 14 heteroatoms. The van der Waals surface area contributed by atoms with Gasteiger partial charge < -0.3 is 65.1 Å². The van der Waals surface area contributed by atoms with Crippen LogP contribution in [0.25, 0.3) is 0 Å². The van der Waals surface area contributed by atoms with Gasteiger partial charge in [-0.2, -0.15) is 0 Å². The van der Waals surface area contributed by atoms with Gasteiger partial charge in [0.05, 0.1) is 32.0 Å². The van der Waals surface area contributed by atoms with Crippen molar-refractivity contribution in [2.24, 2.45) is 0 Å². The third-order valence-electron chi connectivity index (χ3n) is 13.5. The average molecular weight is 946 g/mol. The zero-order chi connectivity index (χ0) is 48.2. The number of amides is 1. The van der Waals surface area contributed by atoms with Crippen LogP contribution in [0.5, 0.6) is 0 Å². The Balaban J connectivity index is 1.76. The van der Waals surface area contributed by atoms with Gasteiger partial charge in [-0.25, -0.2) is 0 Å². The minimum Gasteiger partial charge on any atom is -0.394 e. The molecule has 0 aromatic rings. The summed E-state index contributed by atoms with van der Waals surface area (Å²) < 4.78 is 22.7. The van der Waals surface area contributed by atoms with Crippen LogP contribution >= 0.6 is 0 Å². The number of hydrogen-bond acceptors (Lipinski definition) is 13. The van der Waals surface area contributed by atoms with Crippen LogP contribution in [0.15, 0.2) is 12.2 Å². The Labute approximate surface area is 399 Å². The highest BCUT2D eigenvalue weighted by molar-refractivity contribution is 5.76. The first-order valence-electron chi connectivity index (χ1n) is 26.9. The maximum atomic E-state index is 13.2. The van der Waals surface area contributed by atoms with Gasteiger partial charge in [-0.3, -0.25) is 4.79 Å². The van der Waals surface area contributed by atoms with Gasteiger partial charge >= 0.3 is 0 Å². The van der Waals surface area contributed by atoms with Crippen LogP contribution in [0, 0.1) is 0 Å². The number of ether oxygens (including phenoxy) is 4. The first-order valence-corrected chi connectivity index (χ1v) is 26.9. The fraction of sp³-hybridized carbons (Fsp3) is 0.942. The molecule has 0 saturated carbocycles. The van der Waals surface area contributed by atoms with E-state index in [-0.39, 0.29) is 12.5 Å². The topological polar surface area (TPSA) is 228 Å². The van der Waals surface area contributed by atoms with Gasteiger partial charge in [0.25, 0.3) is 0 Å². The molecule has 2 rings (SSSR count). The van der Waals surface area contributed by atoms with Gasteiger partial charge in [-0.15, -0.1) is 0 Å². The summed E-state index contributed by atoms with van der Waals surface area (Å²) in [6.45, 7) is 2.85. The van der Waals surface area contributed by atoms with Crippen LogP contribution in [0.2, 0.25) is 0 Å². The molecule has 66 heavy (non-hydrogen) atoms. The Morgan fingerprint density at radius 3 is 1.44 bits per heavy atom. The van der Waals surface area contributed by atoms with E-state index in [1.165, 1.54) is 141 Å². The van der Waals surface area contributed by atoms with Crippen LogP contribution in [0.3, 0.4) is 0 Å². The summed E-state index contributed by atoms with van der Waals surface area (Å²) in [4.78, 5) is 13.2. The molecule has 12 atom stereocenters. The lowest BCUT2D eigenvalue weighted by atomic mass is 9.97. The van der Waals surface area contributed by atoms with E-state index in [4.69, 9.17) is 18.9 Å². The van der Waals surface area contributed by atoms with Crippen LogP contribution in [-0.2, 0) is 23.7 Å². The molecule has 0 spiro atoms. The summed E-state index contributed by atoms with van der Waals surface area (Å²) in [6.07, 6.45) is 25.0. The van der Waals surface area contributed by atoms with Crippen molar-refractivity contribution in [2.45, 2.75) is 293 Å². The number of nitrogens with one attached hydrogen (secondary N) is 1. The summed E-state index contributed by atoms with van der Waals surface area (Å²) in [7, 11) is 0. The molecule has 14 nitrogen and oxygen atoms in total. The summed E-state index contributed by atoms with van der Waals surface area (Å²) in [5, 5.41) is 86.9. The van der Waals surface area contributed by atoms with E-state index in [1.807, 2.05) is 0 Å². The Morgan fingerprint density at radius 2 is 0.955 bits per heavy atom.